The first-order chi connectivity index (χ1) is 13.7. The van der Waals surface area contributed by atoms with Gasteiger partial charge in [0, 0.05) is 11.3 Å². The summed E-state index contributed by atoms with van der Waals surface area (Å²) in [6.45, 7) is 7.20. The van der Waals surface area contributed by atoms with Gasteiger partial charge in [-0.3, -0.25) is 0 Å². The average Bonchev–Trinajstić information content (AvgIpc) is 2.71. The maximum Gasteiger partial charge on any atom is 0.142 e. The second-order valence-corrected chi connectivity index (χ2v) is 7.17. The number of hydrogen-bond donors (Lipinski definition) is 1. The summed E-state index contributed by atoms with van der Waals surface area (Å²) < 4.78 is 5.87. The Morgan fingerprint density at radius 3 is 2.32 bits per heavy atom. The Kier molecular flexibility index (Phi) is 8.81. The third-order valence-corrected chi connectivity index (χ3v) is 5.02. The molecule has 0 amide bonds. The van der Waals surface area contributed by atoms with Crippen LogP contribution in [0.4, 0.5) is 5.82 Å². The normalized spacial score (nSPS) is 10.6. The number of benzene rings is 1. The van der Waals surface area contributed by atoms with E-state index in [0.717, 1.165) is 60.4 Å². The van der Waals surface area contributed by atoms with E-state index >= 15 is 0 Å². The summed E-state index contributed by atoms with van der Waals surface area (Å²) in [6, 6.07) is 10.3. The monoisotopic (exact) mass is 379 g/mol. The molecule has 150 valence electrons. The highest BCUT2D eigenvalue weighted by Gasteiger charge is 2.18. The number of aryl methyl sites for hydroxylation is 1. The van der Waals surface area contributed by atoms with Crippen LogP contribution < -0.4 is 10.5 Å². The molecule has 0 unspecified atom stereocenters. The summed E-state index contributed by atoms with van der Waals surface area (Å²) in [5.41, 5.74) is 10.6. The zero-order valence-electron chi connectivity index (χ0n) is 17.6. The molecule has 2 rings (SSSR count). The van der Waals surface area contributed by atoms with Crippen LogP contribution in [0.15, 0.2) is 24.3 Å². The fourth-order valence-corrected chi connectivity index (χ4v) is 3.56. The molecule has 0 aliphatic rings. The van der Waals surface area contributed by atoms with Gasteiger partial charge in [-0.1, -0.05) is 65.0 Å². The predicted molar refractivity (Wildman–Crippen MR) is 116 cm³/mol. The van der Waals surface area contributed by atoms with E-state index < -0.39 is 0 Å². The van der Waals surface area contributed by atoms with Crippen LogP contribution in [0.1, 0.15) is 76.1 Å². The van der Waals surface area contributed by atoms with Crippen LogP contribution in [0.3, 0.4) is 0 Å². The Labute approximate surface area is 169 Å². The van der Waals surface area contributed by atoms with Crippen molar-refractivity contribution in [2.24, 2.45) is 0 Å². The lowest BCUT2D eigenvalue weighted by atomic mass is 9.91. The van der Waals surface area contributed by atoms with Gasteiger partial charge in [-0.25, -0.2) is 4.98 Å². The summed E-state index contributed by atoms with van der Waals surface area (Å²) in [6.07, 6.45) is 8.81. The van der Waals surface area contributed by atoms with Crippen molar-refractivity contribution in [1.82, 2.24) is 4.98 Å². The summed E-state index contributed by atoms with van der Waals surface area (Å²) >= 11 is 0. The highest BCUT2D eigenvalue weighted by atomic mass is 16.5. The number of unbranched alkanes of at least 4 members (excludes halogenated alkanes) is 4. The number of nitrogen functional groups attached to an aromatic ring is 1. The average molecular weight is 380 g/mol. The molecule has 0 aliphatic carbocycles. The molecular weight excluding hydrogens is 346 g/mol. The molecular formula is C24H33N3O. The molecule has 1 aromatic heterocycles. The number of nitrogens with zero attached hydrogens (tertiary/aromatic N) is 2. The maximum atomic E-state index is 9.67. The van der Waals surface area contributed by atoms with Crippen molar-refractivity contribution in [1.29, 1.82) is 5.26 Å². The fraction of sp³-hybridized carbons (Fsp3) is 0.500. The SMILES string of the molecule is CCCCCCCOc1ccc(-c2c(C#N)c(N)nc(CCC)c2CC)cc1. The first-order valence-corrected chi connectivity index (χ1v) is 10.6. The van der Waals surface area contributed by atoms with E-state index in [1.54, 1.807) is 0 Å². The number of aromatic nitrogens is 1. The first-order valence-electron chi connectivity index (χ1n) is 10.6. The lowest BCUT2D eigenvalue weighted by Gasteiger charge is -2.17. The quantitative estimate of drug-likeness (QED) is 0.481. The van der Waals surface area contributed by atoms with Gasteiger partial charge in [0.1, 0.15) is 23.2 Å². The highest BCUT2D eigenvalue weighted by molar-refractivity contribution is 5.79. The van der Waals surface area contributed by atoms with Crippen molar-refractivity contribution >= 4 is 5.82 Å². The van der Waals surface area contributed by atoms with Crippen molar-refractivity contribution in [2.75, 3.05) is 12.3 Å². The van der Waals surface area contributed by atoms with Gasteiger partial charge in [-0.05, 0) is 42.5 Å². The number of hydrogen-bond acceptors (Lipinski definition) is 4. The molecule has 0 saturated carbocycles. The zero-order chi connectivity index (χ0) is 20.4. The van der Waals surface area contributed by atoms with E-state index in [2.05, 4.69) is 31.8 Å². The molecule has 2 N–H and O–H groups in total. The van der Waals surface area contributed by atoms with Gasteiger partial charge in [0.05, 0.1) is 6.61 Å². The molecule has 0 saturated heterocycles. The van der Waals surface area contributed by atoms with Crippen LogP contribution in [-0.4, -0.2) is 11.6 Å². The van der Waals surface area contributed by atoms with Gasteiger partial charge in [0.25, 0.3) is 0 Å². The summed E-state index contributed by atoms with van der Waals surface area (Å²) in [5, 5.41) is 9.67. The number of anilines is 1. The number of pyridine rings is 1. The smallest absolute Gasteiger partial charge is 0.142 e. The molecule has 28 heavy (non-hydrogen) atoms. The molecule has 0 atom stereocenters. The predicted octanol–water partition coefficient (Wildman–Crippen LogP) is 6.07. The molecule has 4 nitrogen and oxygen atoms in total. The minimum atomic E-state index is 0.325. The lowest BCUT2D eigenvalue weighted by molar-refractivity contribution is 0.304. The van der Waals surface area contributed by atoms with Gasteiger partial charge < -0.3 is 10.5 Å². The van der Waals surface area contributed by atoms with Crippen LogP contribution in [0.2, 0.25) is 0 Å². The number of rotatable bonds is 11. The van der Waals surface area contributed by atoms with Crippen LogP contribution in [-0.2, 0) is 12.8 Å². The lowest BCUT2D eigenvalue weighted by Crippen LogP contribution is -2.07. The molecule has 0 fully saturated rings. The van der Waals surface area contributed by atoms with E-state index in [1.165, 1.54) is 25.7 Å². The van der Waals surface area contributed by atoms with Crippen molar-refractivity contribution in [3.63, 3.8) is 0 Å². The van der Waals surface area contributed by atoms with Gasteiger partial charge >= 0.3 is 0 Å². The number of nitriles is 1. The van der Waals surface area contributed by atoms with Crippen molar-refractivity contribution in [3.05, 3.63) is 41.1 Å². The topological polar surface area (TPSA) is 71.9 Å². The first kappa shape index (κ1) is 21.8. The van der Waals surface area contributed by atoms with Gasteiger partial charge in [-0.15, -0.1) is 0 Å². The molecule has 0 aliphatic heterocycles. The molecule has 1 aromatic carbocycles. The van der Waals surface area contributed by atoms with Gasteiger partial charge in [0.2, 0.25) is 0 Å². The van der Waals surface area contributed by atoms with Crippen LogP contribution in [0.25, 0.3) is 11.1 Å². The third-order valence-electron chi connectivity index (χ3n) is 5.02. The Morgan fingerprint density at radius 2 is 1.71 bits per heavy atom. The molecule has 1 heterocycles. The zero-order valence-corrected chi connectivity index (χ0v) is 17.6. The van der Waals surface area contributed by atoms with Crippen LogP contribution in [0.5, 0.6) is 5.75 Å². The highest BCUT2D eigenvalue weighted by Crippen LogP contribution is 2.34. The fourth-order valence-electron chi connectivity index (χ4n) is 3.56. The van der Waals surface area contributed by atoms with E-state index in [4.69, 9.17) is 10.5 Å². The summed E-state index contributed by atoms with van der Waals surface area (Å²) in [5.74, 6) is 1.19. The molecule has 4 heteroatoms. The minimum Gasteiger partial charge on any atom is -0.494 e. The minimum absolute atomic E-state index is 0.325. The van der Waals surface area contributed by atoms with E-state index in [0.29, 0.717) is 11.4 Å². The molecule has 0 spiro atoms. The largest absolute Gasteiger partial charge is 0.494 e. The molecule has 0 bridgehead atoms. The van der Waals surface area contributed by atoms with E-state index in [1.807, 2.05) is 24.3 Å². The van der Waals surface area contributed by atoms with Gasteiger partial charge in [0.15, 0.2) is 0 Å². The second-order valence-electron chi connectivity index (χ2n) is 7.17. The van der Waals surface area contributed by atoms with E-state index in [9.17, 15) is 5.26 Å². The van der Waals surface area contributed by atoms with Crippen molar-refractivity contribution < 1.29 is 4.74 Å². The Hall–Kier alpha value is -2.54. The molecule has 0 radical (unpaired) electrons. The molecule has 2 aromatic rings. The Morgan fingerprint density at radius 1 is 1.00 bits per heavy atom. The van der Waals surface area contributed by atoms with E-state index in [-0.39, 0.29) is 0 Å². The summed E-state index contributed by atoms with van der Waals surface area (Å²) in [7, 11) is 0. The number of nitrogens with two attached hydrogens (primary N) is 1. The summed E-state index contributed by atoms with van der Waals surface area (Å²) in [4.78, 5) is 4.51. The maximum absolute atomic E-state index is 9.67. The number of ether oxygens (including phenoxy) is 1. The van der Waals surface area contributed by atoms with Crippen LogP contribution >= 0.6 is 0 Å². The standard InChI is InChI=1S/C24H33N3O/c1-4-7-8-9-10-16-28-19-14-12-18(13-15-19)23-20(6-3)22(11-5-2)27-24(26)21(23)17-25/h12-15H,4-11,16H2,1-3H3,(H2,26,27). The third kappa shape index (κ3) is 5.48. The van der Waals surface area contributed by atoms with Gasteiger partial charge in [-0.2, -0.15) is 5.26 Å². The van der Waals surface area contributed by atoms with Crippen LogP contribution in [0, 0.1) is 11.3 Å². The Balaban J connectivity index is 2.21. The second kappa shape index (κ2) is 11.3. The van der Waals surface area contributed by atoms with Crippen molar-refractivity contribution in [2.45, 2.75) is 72.1 Å². The van der Waals surface area contributed by atoms with Crippen molar-refractivity contribution in [3.8, 4) is 22.9 Å². The Bertz CT molecular complexity index is 791.